The smallest absolute Gasteiger partial charge is 0.0380 e. The molecule has 0 aromatic carbocycles. The van der Waals surface area contributed by atoms with Crippen LogP contribution in [0, 0.1) is 5.92 Å². The highest BCUT2D eigenvalue weighted by Gasteiger charge is 2.26. The van der Waals surface area contributed by atoms with Gasteiger partial charge in [0.1, 0.15) is 0 Å². The molecule has 0 amide bonds. The number of nitrogens with zero attached hydrogens (tertiary/aromatic N) is 2. The number of rotatable bonds is 4. The first-order valence-corrected chi connectivity index (χ1v) is 8.84. The molecule has 3 rings (SSSR count). The first-order chi connectivity index (χ1) is 10.3. The van der Waals surface area contributed by atoms with Crippen LogP contribution in [0.25, 0.3) is 0 Å². The Hall–Kier alpha value is -0.960. The Labute approximate surface area is 130 Å². The fraction of sp³-hybridized carbons (Fsp3) is 0.778. The summed E-state index contributed by atoms with van der Waals surface area (Å²) < 4.78 is 0. The highest BCUT2D eigenvalue weighted by Crippen LogP contribution is 2.30. The summed E-state index contributed by atoms with van der Waals surface area (Å²) in [5.74, 6) is 0.902. The lowest BCUT2D eigenvalue weighted by Gasteiger charge is -2.37. The van der Waals surface area contributed by atoms with Gasteiger partial charge in [0.2, 0.25) is 0 Å². The molecule has 0 aromatic heterocycles. The first kappa shape index (κ1) is 15.0. The van der Waals surface area contributed by atoms with E-state index in [2.05, 4.69) is 47.4 Å². The predicted octanol–water partition coefficient (Wildman–Crippen LogP) is 2.96. The Bertz CT molecular complexity index is 395. The second kappa shape index (κ2) is 6.87. The summed E-state index contributed by atoms with van der Waals surface area (Å²) in [4.78, 5) is 5.07. The minimum absolute atomic E-state index is 0.665. The molecule has 0 spiro atoms. The lowest BCUT2D eigenvalue weighted by molar-refractivity contribution is 0.186. The second-order valence-corrected chi connectivity index (χ2v) is 7.00. The topological polar surface area (TPSA) is 18.5 Å². The van der Waals surface area contributed by atoms with Crippen molar-refractivity contribution in [1.82, 2.24) is 15.1 Å². The van der Waals surface area contributed by atoms with Gasteiger partial charge >= 0.3 is 0 Å². The lowest BCUT2D eigenvalue weighted by atomic mass is 9.84. The fourth-order valence-corrected chi connectivity index (χ4v) is 4.15. The molecular weight excluding hydrogens is 258 g/mol. The van der Waals surface area contributed by atoms with E-state index in [0.29, 0.717) is 12.1 Å². The molecule has 0 radical (unpaired) electrons. The van der Waals surface area contributed by atoms with Crippen molar-refractivity contribution in [2.24, 2.45) is 5.92 Å². The normalized spacial score (nSPS) is 28.9. The molecule has 0 aromatic rings. The van der Waals surface area contributed by atoms with Crippen LogP contribution < -0.4 is 5.32 Å². The quantitative estimate of drug-likeness (QED) is 0.858. The Balaban J connectivity index is 1.53. The van der Waals surface area contributed by atoms with Crippen molar-refractivity contribution in [2.75, 3.05) is 26.7 Å². The zero-order valence-electron chi connectivity index (χ0n) is 13.7. The molecule has 1 saturated carbocycles. The van der Waals surface area contributed by atoms with Crippen LogP contribution in [-0.4, -0.2) is 48.6 Å². The van der Waals surface area contributed by atoms with Crippen LogP contribution in [0.3, 0.4) is 0 Å². The first-order valence-electron chi connectivity index (χ1n) is 8.84. The van der Waals surface area contributed by atoms with E-state index in [0.717, 1.165) is 19.0 Å². The molecule has 3 aliphatic rings. The van der Waals surface area contributed by atoms with E-state index >= 15 is 0 Å². The van der Waals surface area contributed by atoms with Gasteiger partial charge in [-0.05, 0) is 51.3 Å². The van der Waals surface area contributed by atoms with E-state index in [1.54, 1.807) is 0 Å². The maximum atomic E-state index is 3.40. The Morgan fingerprint density at radius 3 is 2.62 bits per heavy atom. The van der Waals surface area contributed by atoms with Gasteiger partial charge < -0.3 is 15.1 Å². The van der Waals surface area contributed by atoms with Gasteiger partial charge in [-0.2, -0.15) is 0 Å². The monoisotopic (exact) mass is 289 g/mol. The third-order valence-corrected chi connectivity index (χ3v) is 5.76. The predicted molar refractivity (Wildman–Crippen MR) is 89.0 cm³/mol. The minimum atomic E-state index is 0.665. The summed E-state index contributed by atoms with van der Waals surface area (Å²) in [5, 5.41) is 3.40. The molecule has 0 bridgehead atoms. The average molecular weight is 289 g/mol. The van der Waals surface area contributed by atoms with Gasteiger partial charge in [0.05, 0.1) is 0 Å². The largest absolute Gasteiger partial charge is 0.371 e. The third-order valence-electron chi connectivity index (χ3n) is 5.76. The van der Waals surface area contributed by atoms with Gasteiger partial charge in [-0.1, -0.05) is 19.3 Å². The van der Waals surface area contributed by atoms with E-state index in [-0.39, 0.29) is 0 Å². The van der Waals surface area contributed by atoms with Crippen molar-refractivity contribution in [3.8, 4) is 0 Å². The summed E-state index contributed by atoms with van der Waals surface area (Å²) in [5.41, 5.74) is 1.43. The molecule has 3 nitrogen and oxygen atoms in total. The van der Waals surface area contributed by atoms with E-state index < -0.39 is 0 Å². The summed E-state index contributed by atoms with van der Waals surface area (Å²) in [7, 11) is 2.08. The van der Waals surface area contributed by atoms with Crippen molar-refractivity contribution in [2.45, 2.75) is 57.5 Å². The molecule has 2 heterocycles. The maximum Gasteiger partial charge on any atom is 0.0380 e. The van der Waals surface area contributed by atoms with Crippen LogP contribution in [0.4, 0.5) is 0 Å². The summed E-state index contributed by atoms with van der Waals surface area (Å²) in [6, 6.07) is 1.36. The van der Waals surface area contributed by atoms with Crippen molar-refractivity contribution in [3.63, 3.8) is 0 Å². The number of hydrogen-bond acceptors (Lipinski definition) is 3. The molecule has 1 saturated heterocycles. The third kappa shape index (κ3) is 3.45. The van der Waals surface area contributed by atoms with E-state index in [1.165, 1.54) is 50.8 Å². The molecule has 3 heteroatoms. The summed E-state index contributed by atoms with van der Waals surface area (Å²) in [6.07, 6.45) is 15.6. The molecule has 2 fully saturated rings. The molecule has 2 aliphatic heterocycles. The molecule has 2 atom stereocenters. The zero-order valence-corrected chi connectivity index (χ0v) is 13.7. The van der Waals surface area contributed by atoms with Crippen LogP contribution in [0.1, 0.15) is 45.4 Å². The van der Waals surface area contributed by atoms with Gasteiger partial charge in [0.15, 0.2) is 0 Å². The number of likely N-dealkylation sites (tertiary alicyclic amines) is 1. The number of likely N-dealkylation sites (N-methyl/N-ethyl adjacent to an activating group) is 1. The minimum Gasteiger partial charge on any atom is -0.371 e. The standard InChI is InChI=1S/C18H31N3/c1-15(16-6-4-3-5-7-16)20-12-9-18(10-13-20)21-11-8-17(14-21)19-2/h9-10,12,15-17,19H,3-8,11,13-14H2,1-2H3/t15-,17+/m1/s1. The van der Waals surface area contributed by atoms with Crippen LogP contribution in [0.5, 0.6) is 0 Å². The van der Waals surface area contributed by atoms with E-state index in [9.17, 15) is 0 Å². The summed E-state index contributed by atoms with van der Waals surface area (Å²) in [6.45, 7) is 5.86. The van der Waals surface area contributed by atoms with Crippen LogP contribution in [0.2, 0.25) is 0 Å². The SMILES string of the molecule is CN[C@H]1CCN(C2=CCN([C@H](C)C3CCCCC3)C=C2)C1. The van der Waals surface area contributed by atoms with Crippen LogP contribution >= 0.6 is 0 Å². The van der Waals surface area contributed by atoms with Crippen molar-refractivity contribution in [3.05, 3.63) is 24.0 Å². The molecule has 1 aliphatic carbocycles. The second-order valence-electron chi connectivity index (χ2n) is 7.00. The van der Waals surface area contributed by atoms with Crippen molar-refractivity contribution >= 4 is 0 Å². The van der Waals surface area contributed by atoms with Gasteiger partial charge in [0.25, 0.3) is 0 Å². The van der Waals surface area contributed by atoms with Gasteiger partial charge in [-0.15, -0.1) is 0 Å². The Kier molecular flexibility index (Phi) is 4.89. The molecular formula is C18H31N3. The Morgan fingerprint density at radius 2 is 2.00 bits per heavy atom. The highest BCUT2D eigenvalue weighted by atomic mass is 15.2. The van der Waals surface area contributed by atoms with E-state index in [1.807, 2.05) is 0 Å². The van der Waals surface area contributed by atoms with Crippen LogP contribution in [0.15, 0.2) is 24.0 Å². The average Bonchev–Trinajstić information content (AvgIpc) is 3.04. The zero-order chi connectivity index (χ0) is 14.7. The molecule has 118 valence electrons. The fourth-order valence-electron chi connectivity index (χ4n) is 4.15. The van der Waals surface area contributed by atoms with Gasteiger partial charge in [0, 0.05) is 43.6 Å². The van der Waals surface area contributed by atoms with Crippen LogP contribution in [-0.2, 0) is 0 Å². The van der Waals surface area contributed by atoms with Gasteiger partial charge in [-0.25, -0.2) is 0 Å². The number of hydrogen-bond donors (Lipinski definition) is 1. The number of allylic oxidation sites excluding steroid dienone is 1. The number of nitrogens with one attached hydrogen (secondary N) is 1. The van der Waals surface area contributed by atoms with Crippen molar-refractivity contribution < 1.29 is 0 Å². The molecule has 0 unspecified atom stereocenters. The van der Waals surface area contributed by atoms with Gasteiger partial charge in [-0.3, -0.25) is 0 Å². The molecule has 1 N–H and O–H groups in total. The molecule has 21 heavy (non-hydrogen) atoms. The summed E-state index contributed by atoms with van der Waals surface area (Å²) >= 11 is 0. The highest BCUT2D eigenvalue weighted by molar-refractivity contribution is 5.23. The lowest BCUT2D eigenvalue weighted by Crippen LogP contribution is -2.38. The maximum absolute atomic E-state index is 3.40. The van der Waals surface area contributed by atoms with E-state index in [4.69, 9.17) is 0 Å². The Morgan fingerprint density at radius 1 is 1.19 bits per heavy atom. The van der Waals surface area contributed by atoms with Crippen molar-refractivity contribution in [1.29, 1.82) is 0 Å².